The van der Waals surface area contributed by atoms with Crippen LogP contribution in [0.3, 0.4) is 0 Å². The molecule has 0 atom stereocenters. The predicted octanol–water partition coefficient (Wildman–Crippen LogP) is 4.04. The van der Waals surface area contributed by atoms with Crippen molar-refractivity contribution in [2.75, 3.05) is 10.5 Å². The molecule has 0 radical (unpaired) electrons. The van der Waals surface area contributed by atoms with E-state index in [1.54, 1.807) is 12.1 Å². The van der Waals surface area contributed by atoms with E-state index >= 15 is 0 Å². The van der Waals surface area contributed by atoms with Gasteiger partial charge in [0.1, 0.15) is 10.7 Å². The lowest BCUT2D eigenvalue weighted by Crippen LogP contribution is -2.16. The first-order valence-corrected chi connectivity index (χ1v) is 8.81. The highest BCUT2D eigenvalue weighted by molar-refractivity contribution is 9.11. The minimum absolute atomic E-state index is 0.0248. The number of sulfonamides is 1. The van der Waals surface area contributed by atoms with Crippen LogP contribution in [0.15, 0.2) is 44.2 Å². The summed E-state index contributed by atoms with van der Waals surface area (Å²) in [7, 11) is -4.00. The number of hydrogen-bond acceptors (Lipinski definition) is 3. The number of anilines is 2. The van der Waals surface area contributed by atoms with Crippen LogP contribution in [0.25, 0.3) is 0 Å². The monoisotopic (exact) mass is 436 g/mol. The molecule has 0 saturated heterocycles. The number of halogens is 3. The molecule has 0 aromatic heterocycles. The van der Waals surface area contributed by atoms with Gasteiger partial charge in [-0.3, -0.25) is 4.72 Å². The van der Waals surface area contributed by atoms with Gasteiger partial charge in [-0.2, -0.15) is 0 Å². The first kappa shape index (κ1) is 16.3. The number of nitrogens with two attached hydrogens (primary N) is 1. The van der Waals surface area contributed by atoms with Gasteiger partial charge in [0, 0.05) is 8.95 Å². The quantitative estimate of drug-likeness (QED) is 0.711. The molecule has 0 spiro atoms. The van der Waals surface area contributed by atoms with Crippen LogP contribution in [0.4, 0.5) is 15.8 Å². The lowest BCUT2D eigenvalue weighted by atomic mass is 10.2. The summed E-state index contributed by atoms with van der Waals surface area (Å²) < 4.78 is 41.5. The van der Waals surface area contributed by atoms with E-state index < -0.39 is 15.8 Å². The molecule has 4 nitrogen and oxygen atoms in total. The molecule has 0 heterocycles. The highest BCUT2D eigenvalue weighted by Gasteiger charge is 2.21. The summed E-state index contributed by atoms with van der Waals surface area (Å²) in [4.78, 5) is -0.304. The zero-order chi connectivity index (χ0) is 15.8. The van der Waals surface area contributed by atoms with E-state index in [-0.39, 0.29) is 10.6 Å². The highest BCUT2D eigenvalue weighted by Crippen LogP contribution is 2.34. The summed E-state index contributed by atoms with van der Waals surface area (Å²) in [6, 6.07) is 6.72. The third-order valence-electron chi connectivity index (χ3n) is 2.69. The largest absolute Gasteiger partial charge is 0.398 e. The fraction of sp³-hybridized carbons (Fsp3) is 0.0769. The maximum absolute atomic E-state index is 13.3. The highest BCUT2D eigenvalue weighted by atomic mass is 79.9. The summed E-state index contributed by atoms with van der Waals surface area (Å²) in [5, 5.41) is 0. The van der Waals surface area contributed by atoms with Gasteiger partial charge in [0.15, 0.2) is 0 Å². The van der Waals surface area contributed by atoms with Crippen molar-refractivity contribution in [2.45, 2.75) is 11.8 Å². The minimum Gasteiger partial charge on any atom is -0.398 e. The van der Waals surface area contributed by atoms with Crippen LogP contribution in [0.1, 0.15) is 5.56 Å². The Labute approximate surface area is 138 Å². The second-order valence-corrected chi connectivity index (χ2v) is 7.75. The van der Waals surface area contributed by atoms with Gasteiger partial charge in [-0.05, 0) is 74.7 Å². The van der Waals surface area contributed by atoms with Gasteiger partial charge < -0.3 is 5.73 Å². The third kappa shape index (κ3) is 3.56. The predicted molar refractivity (Wildman–Crippen MR) is 88.2 cm³/mol. The lowest BCUT2D eigenvalue weighted by molar-refractivity contribution is 0.596. The zero-order valence-corrected chi connectivity index (χ0v) is 14.8. The van der Waals surface area contributed by atoms with E-state index in [9.17, 15) is 12.8 Å². The molecule has 0 aliphatic heterocycles. The van der Waals surface area contributed by atoms with Crippen LogP contribution in [0, 0.1) is 12.7 Å². The summed E-state index contributed by atoms with van der Waals surface area (Å²) in [5.74, 6) is -0.674. The lowest BCUT2D eigenvalue weighted by Gasteiger charge is -2.13. The molecule has 2 rings (SSSR count). The Morgan fingerprint density at radius 2 is 1.71 bits per heavy atom. The molecule has 2 aromatic carbocycles. The fourth-order valence-corrected chi connectivity index (χ4v) is 4.85. The van der Waals surface area contributed by atoms with Crippen molar-refractivity contribution in [3.8, 4) is 0 Å². The summed E-state index contributed by atoms with van der Waals surface area (Å²) in [6.45, 7) is 1.87. The van der Waals surface area contributed by atoms with Crippen LogP contribution in [-0.4, -0.2) is 8.42 Å². The number of rotatable bonds is 3. The Hall–Kier alpha value is -1.12. The Kier molecular flexibility index (Phi) is 4.60. The van der Waals surface area contributed by atoms with Gasteiger partial charge in [-0.1, -0.05) is 0 Å². The minimum atomic E-state index is -4.00. The molecule has 3 N–H and O–H groups in total. The van der Waals surface area contributed by atoms with Crippen molar-refractivity contribution in [2.24, 2.45) is 0 Å². The molecule has 0 unspecified atom stereocenters. The molecule has 0 amide bonds. The summed E-state index contributed by atoms with van der Waals surface area (Å²) in [5.41, 5.74) is 6.87. The third-order valence-corrected chi connectivity index (χ3v) is 5.34. The molecule has 0 aliphatic carbocycles. The molecule has 112 valence electrons. The number of benzene rings is 2. The van der Waals surface area contributed by atoms with E-state index in [1.807, 2.05) is 6.92 Å². The van der Waals surface area contributed by atoms with Crippen LogP contribution >= 0.6 is 31.9 Å². The van der Waals surface area contributed by atoms with Crippen molar-refractivity contribution < 1.29 is 12.8 Å². The first-order chi connectivity index (χ1) is 9.70. The Bertz CT molecular complexity index is 787. The SMILES string of the molecule is Cc1cc(Br)c(NS(=O)(=O)c2cc(F)ccc2N)c(Br)c1. The van der Waals surface area contributed by atoms with E-state index in [2.05, 4.69) is 36.6 Å². The van der Waals surface area contributed by atoms with Gasteiger partial charge in [0.05, 0.1) is 11.4 Å². The van der Waals surface area contributed by atoms with Gasteiger partial charge in [-0.25, -0.2) is 12.8 Å². The average molecular weight is 438 g/mol. The summed E-state index contributed by atoms with van der Waals surface area (Å²) in [6.07, 6.45) is 0. The van der Waals surface area contributed by atoms with Crippen LogP contribution in [0.2, 0.25) is 0 Å². The molecule has 0 bridgehead atoms. The molecular formula is C13H11Br2FN2O2S. The molecule has 2 aromatic rings. The van der Waals surface area contributed by atoms with Crippen LogP contribution < -0.4 is 10.5 Å². The van der Waals surface area contributed by atoms with Crippen molar-refractivity contribution in [3.05, 3.63) is 50.7 Å². The molecule has 0 saturated carbocycles. The number of nitrogens with one attached hydrogen (secondary N) is 1. The van der Waals surface area contributed by atoms with E-state index in [4.69, 9.17) is 5.73 Å². The number of nitrogen functional groups attached to an aromatic ring is 1. The topological polar surface area (TPSA) is 72.2 Å². The van der Waals surface area contributed by atoms with Crippen molar-refractivity contribution in [1.29, 1.82) is 0 Å². The normalized spacial score (nSPS) is 11.4. The molecule has 8 heteroatoms. The fourth-order valence-electron chi connectivity index (χ4n) is 1.73. The zero-order valence-electron chi connectivity index (χ0n) is 10.8. The van der Waals surface area contributed by atoms with Gasteiger partial charge in [0.2, 0.25) is 0 Å². The van der Waals surface area contributed by atoms with E-state index in [0.717, 1.165) is 17.7 Å². The van der Waals surface area contributed by atoms with Crippen molar-refractivity contribution >= 4 is 53.3 Å². The number of aryl methyl sites for hydroxylation is 1. The smallest absolute Gasteiger partial charge is 0.264 e. The number of hydrogen-bond donors (Lipinski definition) is 2. The van der Waals surface area contributed by atoms with E-state index in [0.29, 0.717) is 14.6 Å². The van der Waals surface area contributed by atoms with Crippen molar-refractivity contribution in [3.63, 3.8) is 0 Å². The van der Waals surface area contributed by atoms with E-state index in [1.165, 1.54) is 6.07 Å². The molecule has 21 heavy (non-hydrogen) atoms. The standard InChI is InChI=1S/C13H11Br2FN2O2S/c1-7-4-9(14)13(10(15)5-7)18-21(19,20)12-6-8(16)2-3-11(12)17/h2-6,18H,17H2,1H3. The summed E-state index contributed by atoms with van der Waals surface area (Å²) >= 11 is 6.59. The van der Waals surface area contributed by atoms with Crippen molar-refractivity contribution in [1.82, 2.24) is 0 Å². The molecule has 0 fully saturated rings. The maximum Gasteiger partial charge on any atom is 0.264 e. The van der Waals surface area contributed by atoms with Gasteiger partial charge >= 0.3 is 0 Å². The second-order valence-electron chi connectivity index (χ2n) is 4.39. The van der Waals surface area contributed by atoms with Crippen LogP contribution in [0.5, 0.6) is 0 Å². The Morgan fingerprint density at radius 3 is 2.29 bits per heavy atom. The first-order valence-electron chi connectivity index (χ1n) is 5.74. The molecule has 0 aliphatic rings. The van der Waals surface area contributed by atoms with Gasteiger partial charge in [0.25, 0.3) is 10.0 Å². The Balaban J connectivity index is 2.50. The van der Waals surface area contributed by atoms with Gasteiger partial charge in [-0.15, -0.1) is 0 Å². The maximum atomic E-state index is 13.3. The Morgan fingerprint density at radius 1 is 1.14 bits per heavy atom. The van der Waals surface area contributed by atoms with Crippen LogP contribution in [-0.2, 0) is 10.0 Å². The average Bonchev–Trinajstić information content (AvgIpc) is 2.36. The second kappa shape index (κ2) is 5.94. The molecular weight excluding hydrogens is 427 g/mol.